The van der Waals surface area contributed by atoms with Crippen LogP contribution in [0, 0.1) is 11.3 Å². The van der Waals surface area contributed by atoms with Gasteiger partial charge in [-0.15, -0.1) is 0 Å². The summed E-state index contributed by atoms with van der Waals surface area (Å²) in [4.78, 5) is 21.3. The molecule has 0 saturated heterocycles. The average Bonchev–Trinajstić information content (AvgIpc) is 2.48. The van der Waals surface area contributed by atoms with Crippen molar-refractivity contribution in [1.82, 2.24) is 0 Å². The zero-order chi connectivity index (χ0) is 17.5. The van der Waals surface area contributed by atoms with E-state index in [0.717, 1.165) is 5.92 Å². The van der Waals surface area contributed by atoms with Gasteiger partial charge in [0.25, 0.3) is 0 Å². The Bertz CT molecular complexity index is 599. The number of carboxylic acids is 2. The summed E-state index contributed by atoms with van der Waals surface area (Å²) in [6.07, 6.45) is 5.63. The van der Waals surface area contributed by atoms with Crippen molar-refractivity contribution in [1.29, 1.82) is 0 Å². The topological polar surface area (TPSA) is 74.6 Å². The Morgan fingerprint density at radius 1 is 1.17 bits per heavy atom. The second kappa shape index (κ2) is 8.32. The fourth-order valence-electron chi connectivity index (χ4n) is 2.27. The standard InChI is InChI=1S/C10H14.C9H10O4/c1-9(2)8-10-6-4-3-5-7-10;1-9(8(12)13)4-2-3-6(5-9)7(10)11/h3-7,9H,8H2,1-2H3;2-4H,5H2,1H3,(H,10,11)(H,12,13). The lowest BCUT2D eigenvalue weighted by Gasteiger charge is -2.23. The maximum Gasteiger partial charge on any atom is 0.331 e. The Morgan fingerprint density at radius 3 is 2.26 bits per heavy atom. The van der Waals surface area contributed by atoms with Crippen LogP contribution in [0.3, 0.4) is 0 Å². The summed E-state index contributed by atoms with van der Waals surface area (Å²) < 4.78 is 0. The van der Waals surface area contributed by atoms with E-state index in [-0.39, 0.29) is 12.0 Å². The summed E-state index contributed by atoms with van der Waals surface area (Å²) in [5.41, 5.74) is 0.493. The van der Waals surface area contributed by atoms with E-state index in [1.54, 1.807) is 0 Å². The van der Waals surface area contributed by atoms with Crippen LogP contribution in [0.25, 0.3) is 0 Å². The summed E-state index contributed by atoms with van der Waals surface area (Å²) in [6.45, 7) is 5.99. The second-order valence-corrected chi connectivity index (χ2v) is 6.34. The summed E-state index contributed by atoms with van der Waals surface area (Å²) in [6, 6.07) is 10.6. The van der Waals surface area contributed by atoms with Crippen LogP contribution in [0.15, 0.2) is 54.1 Å². The van der Waals surface area contributed by atoms with Gasteiger partial charge in [0.15, 0.2) is 0 Å². The molecule has 2 N–H and O–H groups in total. The number of hydrogen-bond donors (Lipinski definition) is 2. The van der Waals surface area contributed by atoms with Crippen LogP contribution in [0.2, 0.25) is 0 Å². The molecule has 0 fully saturated rings. The van der Waals surface area contributed by atoms with Gasteiger partial charge >= 0.3 is 11.9 Å². The van der Waals surface area contributed by atoms with Crippen LogP contribution >= 0.6 is 0 Å². The molecule has 23 heavy (non-hydrogen) atoms. The molecule has 1 aliphatic carbocycles. The molecule has 4 nitrogen and oxygen atoms in total. The number of carbonyl (C=O) groups is 2. The normalized spacial score (nSPS) is 19.6. The Labute approximate surface area is 137 Å². The molecule has 0 aromatic heterocycles. The summed E-state index contributed by atoms with van der Waals surface area (Å²) in [7, 11) is 0. The van der Waals surface area contributed by atoms with Gasteiger partial charge in [-0.25, -0.2) is 4.79 Å². The van der Waals surface area contributed by atoms with Crippen molar-refractivity contribution in [2.24, 2.45) is 11.3 Å². The van der Waals surface area contributed by atoms with Crippen molar-refractivity contribution in [2.75, 3.05) is 0 Å². The minimum absolute atomic E-state index is 0.0359. The van der Waals surface area contributed by atoms with Crippen LogP contribution in [-0.2, 0) is 16.0 Å². The van der Waals surface area contributed by atoms with Gasteiger partial charge in [0.1, 0.15) is 0 Å². The van der Waals surface area contributed by atoms with E-state index in [9.17, 15) is 9.59 Å². The van der Waals surface area contributed by atoms with Crippen molar-refractivity contribution >= 4 is 11.9 Å². The van der Waals surface area contributed by atoms with E-state index in [1.165, 1.54) is 37.1 Å². The largest absolute Gasteiger partial charge is 0.481 e. The van der Waals surface area contributed by atoms with E-state index in [4.69, 9.17) is 10.2 Å². The van der Waals surface area contributed by atoms with Gasteiger partial charge in [-0.2, -0.15) is 0 Å². The van der Waals surface area contributed by atoms with Crippen LogP contribution in [0.1, 0.15) is 32.8 Å². The summed E-state index contributed by atoms with van der Waals surface area (Å²) in [5.74, 6) is -1.30. The molecule has 1 aromatic rings. The Hall–Kier alpha value is -2.36. The fraction of sp³-hybridized carbons (Fsp3) is 0.368. The van der Waals surface area contributed by atoms with Crippen LogP contribution < -0.4 is 0 Å². The minimum atomic E-state index is -1.08. The maximum atomic E-state index is 10.8. The van der Waals surface area contributed by atoms with Crippen molar-refractivity contribution in [3.05, 3.63) is 59.7 Å². The van der Waals surface area contributed by atoms with Crippen LogP contribution in [-0.4, -0.2) is 22.2 Å². The molecule has 124 valence electrons. The second-order valence-electron chi connectivity index (χ2n) is 6.34. The van der Waals surface area contributed by atoms with Gasteiger partial charge in [-0.3, -0.25) is 4.79 Å². The number of hydrogen-bond acceptors (Lipinski definition) is 2. The molecule has 1 unspecified atom stereocenters. The molecule has 0 saturated carbocycles. The molecule has 0 bridgehead atoms. The minimum Gasteiger partial charge on any atom is -0.481 e. The molecule has 1 atom stereocenters. The molecule has 0 radical (unpaired) electrons. The van der Waals surface area contributed by atoms with Crippen molar-refractivity contribution < 1.29 is 19.8 Å². The molecule has 1 aliphatic rings. The lowest BCUT2D eigenvalue weighted by molar-refractivity contribution is -0.145. The van der Waals surface area contributed by atoms with Gasteiger partial charge in [-0.05, 0) is 31.2 Å². The first-order valence-electron chi connectivity index (χ1n) is 7.63. The van der Waals surface area contributed by atoms with Gasteiger partial charge in [-0.1, -0.05) is 62.4 Å². The van der Waals surface area contributed by atoms with Crippen molar-refractivity contribution in [3.63, 3.8) is 0 Å². The van der Waals surface area contributed by atoms with Gasteiger partial charge in [0, 0.05) is 5.57 Å². The molecule has 0 aliphatic heterocycles. The third-order valence-electron chi connectivity index (χ3n) is 3.57. The highest BCUT2D eigenvalue weighted by Gasteiger charge is 2.34. The fourth-order valence-corrected chi connectivity index (χ4v) is 2.27. The first-order valence-corrected chi connectivity index (χ1v) is 7.63. The Morgan fingerprint density at radius 2 is 1.78 bits per heavy atom. The third-order valence-corrected chi connectivity index (χ3v) is 3.57. The first kappa shape index (κ1) is 18.7. The number of carboxylic acid groups (broad SMARTS) is 2. The van der Waals surface area contributed by atoms with Gasteiger partial charge < -0.3 is 10.2 Å². The number of allylic oxidation sites excluding steroid dienone is 2. The Kier molecular flexibility index (Phi) is 6.76. The SMILES string of the molecule is CC(C)Cc1ccccc1.CC1(C(=O)O)C=CC=C(C(=O)O)C1. The van der Waals surface area contributed by atoms with E-state index in [1.807, 2.05) is 0 Å². The summed E-state index contributed by atoms with van der Waals surface area (Å²) >= 11 is 0. The summed E-state index contributed by atoms with van der Waals surface area (Å²) in [5, 5.41) is 17.5. The molecule has 0 heterocycles. The Balaban J connectivity index is 0.000000238. The van der Waals surface area contributed by atoms with E-state index in [2.05, 4.69) is 44.2 Å². The maximum absolute atomic E-state index is 10.8. The highest BCUT2D eigenvalue weighted by molar-refractivity contribution is 5.90. The van der Waals surface area contributed by atoms with Crippen molar-refractivity contribution in [2.45, 2.75) is 33.6 Å². The molecule has 4 heteroatoms. The molecule has 1 aromatic carbocycles. The van der Waals surface area contributed by atoms with Gasteiger partial charge in [0.05, 0.1) is 5.41 Å². The van der Waals surface area contributed by atoms with Crippen LogP contribution in [0.5, 0.6) is 0 Å². The molecule has 0 amide bonds. The molecular formula is C19H24O4. The first-order chi connectivity index (χ1) is 10.7. The zero-order valence-corrected chi connectivity index (χ0v) is 13.8. The van der Waals surface area contributed by atoms with Gasteiger partial charge in [0.2, 0.25) is 0 Å². The van der Waals surface area contributed by atoms with Crippen molar-refractivity contribution in [3.8, 4) is 0 Å². The number of aliphatic carboxylic acids is 2. The zero-order valence-electron chi connectivity index (χ0n) is 13.8. The molecule has 2 rings (SSSR count). The number of benzene rings is 1. The number of rotatable bonds is 4. The lowest BCUT2D eigenvalue weighted by Crippen LogP contribution is -2.28. The van der Waals surface area contributed by atoms with E-state index in [0.29, 0.717) is 0 Å². The molecular weight excluding hydrogens is 292 g/mol. The highest BCUT2D eigenvalue weighted by atomic mass is 16.4. The van der Waals surface area contributed by atoms with Crippen LogP contribution in [0.4, 0.5) is 0 Å². The average molecular weight is 316 g/mol. The predicted octanol–water partition coefficient (Wildman–Crippen LogP) is 3.93. The quantitative estimate of drug-likeness (QED) is 0.882. The molecule has 0 spiro atoms. The smallest absolute Gasteiger partial charge is 0.331 e. The van der Waals surface area contributed by atoms with E-state index >= 15 is 0 Å². The lowest BCUT2D eigenvalue weighted by atomic mass is 9.80. The van der Waals surface area contributed by atoms with E-state index < -0.39 is 17.4 Å². The third kappa shape index (κ3) is 6.10. The monoisotopic (exact) mass is 316 g/mol. The predicted molar refractivity (Wildman–Crippen MR) is 90.2 cm³/mol. The highest BCUT2D eigenvalue weighted by Crippen LogP contribution is 2.31.